The van der Waals surface area contributed by atoms with E-state index in [4.69, 9.17) is 0 Å². The Morgan fingerprint density at radius 2 is 2.00 bits per heavy atom. The number of hydrogen-bond donors (Lipinski definition) is 1. The van der Waals surface area contributed by atoms with E-state index in [0.29, 0.717) is 12.0 Å². The molecule has 20 heavy (non-hydrogen) atoms. The molecule has 0 saturated heterocycles. The predicted octanol–water partition coefficient (Wildman–Crippen LogP) is 2.64. The van der Waals surface area contributed by atoms with E-state index in [1.807, 2.05) is 30.1 Å². The van der Waals surface area contributed by atoms with Gasteiger partial charge < -0.3 is 5.32 Å². The van der Waals surface area contributed by atoms with Gasteiger partial charge in [-0.1, -0.05) is 12.1 Å². The maximum Gasteiger partial charge on any atom is 0.123 e. The fourth-order valence-electron chi connectivity index (χ4n) is 2.79. The van der Waals surface area contributed by atoms with E-state index in [0.717, 1.165) is 31.5 Å². The summed E-state index contributed by atoms with van der Waals surface area (Å²) in [5, 5.41) is 7.93. The smallest absolute Gasteiger partial charge is 0.123 e. The minimum atomic E-state index is -0.155. The van der Waals surface area contributed by atoms with Crippen LogP contribution >= 0.6 is 0 Å². The molecule has 1 fully saturated rings. The number of aromatic nitrogens is 2. The molecule has 1 N–H and O–H groups in total. The molecule has 0 unspecified atom stereocenters. The third-order valence-electron chi connectivity index (χ3n) is 4.06. The molecule has 1 aromatic heterocycles. The first-order valence-corrected chi connectivity index (χ1v) is 7.18. The zero-order valence-corrected chi connectivity index (χ0v) is 11.7. The van der Waals surface area contributed by atoms with E-state index in [2.05, 4.69) is 16.5 Å². The van der Waals surface area contributed by atoms with Crippen LogP contribution in [0.2, 0.25) is 0 Å². The normalized spacial score (nSPS) is 21.7. The first kappa shape index (κ1) is 13.3. The highest BCUT2D eigenvalue weighted by molar-refractivity contribution is 5.23. The average molecular weight is 273 g/mol. The number of aryl methyl sites for hydroxylation is 1. The quantitative estimate of drug-likeness (QED) is 0.907. The van der Waals surface area contributed by atoms with Crippen LogP contribution < -0.4 is 5.32 Å². The lowest BCUT2D eigenvalue weighted by Gasteiger charge is -2.36. The predicted molar refractivity (Wildman–Crippen MR) is 77.1 cm³/mol. The van der Waals surface area contributed by atoms with Crippen molar-refractivity contribution in [3.8, 4) is 0 Å². The molecule has 1 aliphatic carbocycles. The van der Waals surface area contributed by atoms with Gasteiger partial charge in [-0.3, -0.25) is 4.68 Å². The Kier molecular flexibility index (Phi) is 3.83. The molecule has 0 spiro atoms. The summed E-state index contributed by atoms with van der Waals surface area (Å²) in [5.41, 5.74) is 2.39. The summed E-state index contributed by atoms with van der Waals surface area (Å²) in [6, 6.07) is 9.57. The van der Waals surface area contributed by atoms with Crippen molar-refractivity contribution in [2.45, 2.75) is 31.2 Å². The van der Waals surface area contributed by atoms with Crippen molar-refractivity contribution >= 4 is 0 Å². The largest absolute Gasteiger partial charge is 0.314 e. The molecule has 3 rings (SSSR count). The second-order valence-electron chi connectivity index (χ2n) is 5.60. The summed E-state index contributed by atoms with van der Waals surface area (Å²) < 4.78 is 14.7. The van der Waals surface area contributed by atoms with Gasteiger partial charge >= 0.3 is 0 Å². The van der Waals surface area contributed by atoms with Crippen molar-refractivity contribution < 1.29 is 4.39 Å². The molecule has 0 radical (unpaired) electrons. The van der Waals surface area contributed by atoms with Gasteiger partial charge in [0.2, 0.25) is 0 Å². The van der Waals surface area contributed by atoms with Crippen molar-refractivity contribution in [2.24, 2.45) is 7.05 Å². The Balaban J connectivity index is 1.39. The van der Waals surface area contributed by atoms with Crippen molar-refractivity contribution in [2.75, 3.05) is 6.54 Å². The Labute approximate surface area is 118 Å². The average Bonchev–Trinajstić information content (AvgIpc) is 2.80. The van der Waals surface area contributed by atoms with Crippen LogP contribution in [0.1, 0.15) is 30.0 Å². The van der Waals surface area contributed by atoms with Crippen LogP contribution in [0.3, 0.4) is 0 Å². The van der Waals surface area contributed by atoms with Crippen LogP contribution in [0.15, 0.2) is 36.5 Å². The third-order valence-corrected chi connectivity index (χ3v) is 4.06. The molecule has 0 atom stereocenters. The van der Waals surface area contributed by atoms with Crippen LogP contribution in [0, 0.1) is 5.82 Å². The van der Waals surface area contributed by atoms with E-state index in [-0.39, 0.29) is 5.82 Å². The Morgan fingerprint density at radius 1 is 1.25 bits per heavy atom. The highest BCUT2D eigenvalue weighted by Gasteiger charge is 2.29. The van der Waals surface area contributed by atoms with Gasteiger partial charge in [0.1, 0.15) is 5.82 Å². The maximum absolute atomic E-state index is 12.9. The molecule has 0 amide bonds. The molecule has 106 valence electrons. The number of nitrogens with zero attached hydrogens (tertiary/aromatic N) is 2. The lowest BCUT2D eigenvalue weighted by atomic mass is 9.76. The second kappa shape index (κ2) is 5.75. The monoisotopic (exact) mass is 273 g/mol. The molecule has 0 aliphatic heterocycles. The van der Waals surface area contributed by atoms with Gasteiger partial charge in [0.15, 0.2) is 0 Å². The number of nitrogens with one attached hydrogen (secondary N) is 1. The molecular formula is C16H20FN3. The van der Waals surface area contributed by atoms with Crippen molar-refractivity contribution in [3.63, 3.8) is 0 Å². The molecule has 1 aliphatic rings. The molecule has 3 nitrogen and oxygen atoms in total. The first-order chi connectivity index (χ1) is 9.70. The fourth-order valence-corrected chi connectivity index (χ4v) is 2.79. The SMILES string of the molecule is Cn1ccc(CCNC2CC(c3ccc(F)cc3)C2)n1. The number of rotatable bonds is 5. The van der Waals surface area contributed by atoms with Gasteiger partial charge in [-0.05, 0) is 42.5 Å². The van der Waals surface area contributed by atoms with E-state index in [9.17, 15) is 4.39 Å². The number of halogens is 1. The van der Waals surface area contributed by atoms with Gasteiger partial charge in [0.05, 0.1) is 5.69 Å². The highest BCUT2D eigenvalue weighted by Crippen LogP contribution is 2.36. The zero-order chi connectivity index (χ0) is 13.9. The summed E-state index contributed by atoms with van der Waals surface area (Å²) in [5.74, 6) is 0.432. The minimum absolute atomic E-state index is 0.155. The fraction of sp³-hybridized carbons (Fsp3) is 0.438. The van der Waals surface area contributed by atoms with Gasteiger partial charge in [-0.25, -0.2) is 4.39 Å². The Morgan fingerprint density at radius 3 is 2.65 bits per heavy atom. The van der Waals surface area contributed by atoms with Crippen LogP contribution in [0.4, 0.5) is 4.39 Å². The topological polar surface area (TPSA) is 29.9 Å². The summed E-state index contributed by atoms with van der Waals surface area (Å²) in [4.78, 5) is 0. The number of benzene rings is 1. The van der Waals surface area contributed by atoms with Gasteiger partial charge in [-0.15, -0.1) is 0 Å². The molecule has 2 aromatic rings. The summed E-state index contributed by atoms with van der Waals surface area (Å²) in [6.07, 6.45) is 5.24. The maximum atomic E-state index is 12.9. The number of hydrogen-bond acceptors (Lipinski definition) is 2. The molecular weight excluding hydrogens is 253 g/mol. The molecule has 1 heterocycles. The van der Waals surface area contributed by atoms with Gasteiger partial charge in [-0.2, -0.15) is 5.10 Å². The lowest BCUT2D eigenvalue weighted by Crippen LogP contribution is -2.41. The van der Waals surface area contributed by atoms with Crippen molar-refractivity contribution in [3.05, 3.63) is 53.6 Å². The summed E-state index contributed by atoms with van der Waals surface area (Å²) in [6.45, 7) is 0.970. The molecule has 4 heteroatoms. The zero-order valence-electron chi connectivity index (χ0n) is 11.7. The molecule has 1 aromatic carbocycles. The molecule has 1 saturated carbocycles. The van der Waals surface area contributed by atoms with Crippen molar-refractivity contribution in [1.82, 2.24) is 15.1 Å². The standard InChI is InChI=1S/C16H20FN3/c1-20-9-7-15(19-20)6-8-18-16-10-13(11-16)12-2-4-14(17)5-3-12/h2-5,7,9,13,16,18H,6,8,10-11H2,1H3. The molecule has 0 bridgehead atoms. The van der Waals surface area contributed by atoms with Crippen molar-refractivity contribution in [1.29, 1.82) is 0 Å². The second-order valence-corrected chi connectivity index (χ2v) is 5.60. The van der Waals surface area contributed by atoms with Crippen LogP contribution in [0.5, 0.6) is 0 Å². The van der Waals surface area contributed by atoms with E-state index in [1.54, 1.807) is 12.1 Å². The third kappa shape index (κ3) is 3.07. The van der Waals surface area contributed by atoms with Gasteiger partial charge in [0, 0.05) is 32.3 Å². The Bertz CT molecular complexity index is 555. The first-order valence-electron chi connectivity index (χ1n) is 7.18. The van der Waals surface area contributed by atoms with E-state index in [1.165, 1.54) is 5.56 Å². The Hall–Kier alpha value is -1.68. The van der Waals surface area contributed by atoms with E-state index >= 15 is 0 Å². The van der Waals surface area contributed by atoms with Crippen LogP contribution in [-0.4, -0.2) is 22.4 Å². The van der Waals surface area contributed by atoms with Crippen LogP contribution in [0.25, 0.3) is 0 Å². The summed E-state index contributed by atoms with van der Waals surface area (Å²) >= 11 is 0. The van der Waals surface area contributed by atoms with E-state index < -0.39 is 0 Å². The minimum Gasteiger partial charge on any atom is -0.314 e. The highest BCUT2D eigenvalue weighted by atomic mass is 19.1. The summed E-state index contributed by atoms with van der Waals surface area (Å²) in [7, 11) is 1.94. The van der Waals surface area contributed by atoms with Gasteiger partial charge in [0.25, 0.3) is 0 Å². The van der Waals surface area contributed by atoms with Crippen LogP contribution in [-0.2, 0) is 13.5 Å². The lowest BCUT2D eigenvalue weighted by molar-refractivity contribution is 0.292.